The summed E-state index contributed by atoms with van der Waals surface area (Å²) in [6.07, 6.45) is 1.98. The van der Waals surface area contributed by atoms with Crippen molar-refractivity contribution in [2.45, 2.75) is 31.8 Å². The summed E-state index contributed by atoms with van der Waals surface area (Å²) in [6, 6.07) is 7.56. The lowest BCUT2D eigenvalue weighted by Gasteiger charge is -2.20. The van der Waals surface area contributed by atoms with Crippen LogP contribution in [0.4, 0.5) is 4.39 Å². The largest absolute Gasteiger partial charge is 0.491 e. The first-order valence-electron chi connectivity index (χ1n) is 7.32. The molecule has 2 N–H and O–H groups in total. The number of hydrogen-bond acceptors (Lipinski definition) is 4. The van der Waals surface area contributed by atoms with Gasteiger partial charge in [0.15, 0.2) is 0 Å². The minimum atomic E-state index is -0.947. The molecule has 1 aliphatic rings. The van der Waals surface area contributed by atoms with Crippen molar-refractivity contribution in [1.29, 1.82) is 5.26 Å². The average Bonchev–Trinajstić information content (AvgIpc) is 3.02. The molecule has 22 heavy (non-hydrogen) atoms. The first-order chi connectivity index (χ1) is 10.6. The van der Waals surface area contributed by atoms with Crippen LogP contribution in [0.15, 0.2) is 24.3 Å². The number of benzene rings is 1. The summed E-state index contributed by atoms with van der Waals surface area (Å²) in [6.45, 7) is -0.00504. The zero-order valence-electron chi connectivity index (χ0n) is 12.2. The highest BCUT2D eigenvalue weighted by Crippen LogP contribution is 2.37. The van der Waals surface area contributed by atoms with E-state index in [2.05, 4.69) is 11.4 Å². The highest BCUT2D eigenvalue weighted by Gasteiger charge is 2.41. The minimum absolute atomic E-state index is 0.0173. The monoisotopic (exact) mass is 306 g/mol. The predicted molar refractivity (Wildman–Crippen MR) is 77.4 cm³/mol. The van der Waals surface area contributed by atoms with Crippen LogP contribution >= 0.6 is 0 Å². The van der Waals surface area contributed by atoms with Crippen LogP contribution in [0, 0.1) is 22.6 Å². The van der Waals surface area contributed by atoms with Gasteiger partial charge in [-0.2, -0.15) is 5.26 Å². The molecule has 0 bridgehead atoms. The standard InChI is InChI=1S/C16H19FN2O3/c17-12-3-5-14(6-4-12)22-10-13(20)9-19-15(21)16(11-18)7-1-2-8-16/h3-6,13,20H,1-2,7-10H2,(H,19,21)/t13-/m1/s1. The van der Waals surface area contributed by atoms with Gasteiger partial charge in [-0.25, -0.2) is 4.39 Å². The molecule has 1 aromatic carbocycles. The molecule has 6 heteroatoms. The van der Waals surface area contributed by atoms with Gasteiger partial charge in [0.25, 0.3) is 0 Å². The molecule has 1 aliphatic carbocycles. The predicted octanol–water partition coefficient (Wildman–Crippen LogP) is 1.77. The fourth-order valence-electron chi connectivity index (χ4n) is 2.53. The van der Waals surface area contributed by atoms with E-state index < -0.39 is 11.5 Å². The Kier molecular flexibility index (Phi) is 5.34. The summed E-state index contributed by atoms with van der Waals surface area (Å²) in [5.74, 6) is -0.247. The molecule has 0 radical (unpaired) electrons. The van der Waals surface area contributed by atoms with Crippen molar-refractivity contribution >= 4 is 5.91 Å². The van der Waals surface area contributed by atoms with E-state index in [4.69, 9.17) is 4.74 Å². The van der Waals surface area contributed by atoms with Crippen LogP contribution < -0.4 is 10.1 Å². The molecule has 5 nitrogen and oxygen atoms in total. The lowest BCUT2D eigenvalue weighted by atomic mass is 9.87. The Morgan fingerprint density at radius 2 is 2.05 bits per heavy atom. The van der Waals surface area contributed by atoms with E-state index in [0.29, 0.717) is 18.6 Å². The Morgan fingerprint density at radius 1 is 1.41 bits per heavy atom. The van der Waals surface area contributed by atoms with Crippen LogP contribution in [0.2, 0.25) is 0 Å². The average molecular weight is 306 g/mol. The Hall–Kier alpha value is -2.13. The van der Waals surface area contributed by atoms with E-state index in [1.54, 1.807) is 0 Å². The highest BCUT2D eigenvalue weighted by molar-refractivity contribution is 5.85. The molecular formula is C16H19FN2O3. The molecule has 0 heterocycles. The van der Waals surface area contributed by atoms with Crippen LogP contribution in [-0.4, -0.2) is 30.3 Å². The fourth-order valence-corrected chi connectivity index (χ4v) is 2.53. The number of nitrogens with one attached hydrogen (secondary N) is 1. The zero-order chi connectivity index (χ0) is 16.0. The second-order valence-electron chi connectivity index (χ2n) is 5.53. The van der Waals surface area contributed by atoms with E-state index in [0.717, 1.165) is 12.8 Å². The van der Waals surface area contributed by atoms with Crippen LogP contribution in [0.5, 0.6) is 5.75 Å². The number of halogens is 1. The van der Waals surface area contributed by atoms with Gasteiger partial charge < -0.3 is 15.2 Å². The molecule has 2 rings (SSSR count). The number of hydrogen-bond donors (Lipinski definition) is 2. The quantitative estimate of drug-likeness (QED) is 0.839. The van der Waals surface area contributed by atoms with Gasteiger partial charge in [-0.15, -0.1) is 0 Å². The smallest absolute Gasteiger partial charge is 0.240 e. The van der Waals surface area contributed by atoms with Gasteiger partial charge in [0.2, 0.25) is 5.91 Å². The number of rotatable bonds is 6. The summed E-state index contributed by atoms with van der Waals surface area (Å²) in [5.41, 5.74) is -0.947. The van der Waals surface area contributed by atoms with Crippen LogP contribution in [0.3, 0.4) is 0 Å². The Bertz CT molecular complexity index is 548. The molecule has 0 spiro atoms. The van der Waals surface area contributed by atoms with Gasteiger partial charge in [-0.1, -0.05) is 12.8 Å². The van der Waals surface area contributed by atoms with Crippen molar-refractivity contribution in [2.75, 3.05) is 13.2 Å². The summed E-state index contributed by atoms with van der Waals surface area (Å²) in [5, 5.41) is 21.6. The van der Waals surface area contributed by atoms with Crippen LogP contribution in [0.25, 0.3) is 0 Å². The van der Waals surface area contributed by atoms with Crippen molar-refractivity contribution in [2.24, 2.45) is 5.41 Å². The maximum Gasteiger partial charge on any atom is 0.240 e. The van der Waals surface area contributed by atoms with Crippen molar-refractivity contribution in [3.63, 3.8) is 0 Å². The van der Waals surface area contributed by atoms with Gasteiger partial charge in [0.1, 0.15) is 29.7 Å². The second-order valence-corrected chi connectivity index (χ2v) is 5.53. The van der Waals surface area contributed by atoms with E-state index in [-0.39, 0.29) is 24.9 Å². The van der Waals surface area contributed by atoms with Crippen molar-refractivity contribution in [3.8, 4) is 11.8 Å². The van der Waals surface area contributed by atoms with Crippen molar-refractivity contribution in [1.82, 2.24) is 5.32 Å². The van der Waals surface area contributed by atoms with Crippen LogP contribution in [0.1, 0.15) is 25.7 Å². The maximum absolute atomic E-state index is 12.7. The molecule has 0 aliphatic heterocycles. The van der Waals surface area contributed by atoms with E-state index in [1.165, 1.54) is 24.3 Å². The van der Waals surface area contributed by atoms with Crippen LogP contribution in [-0.2, 0) is 4.79 Å². The number of carbonyl (C=O) groups excluding carboxylic acids is 1. The first kappa shape index (κ1) is 16.2. The third-order valence-electron chi connectivity index (χ3n) is 3.86. The lowest BCUT2D eigenvalue weighted by molar-refractivity contribution is -0.128. The summed E-state index contributed by atoms with van der Waals surface area (Å²) in [4.78, 5) is 12.1. The Labute approximate surface area is 128 Å². The summed E-state index contributed by atoms with van der Waals surface area (Å²) in [7, 11) is 0. The number of nitriles is 1. The Morgan fingerprint density at radius 3 is 2.64 bits per heavy atom. The van der Waals surface area contributed by atoms with Gasteiger partial charge in [0, 0.05) is 6.54 Å². The molecule has 0 unspecified atom stereocenters. The van der Waals surface area contributed by atoms with Gasteiger partial charge >= 0.3 is 0 Å². The van der Waals surface area contributed by atoms with Gasteiger partial charge in [-0.05, 0) is 37.1 Å². The first-order valence-corrected chi connectivity index (χ1v) is 7.32. The number of aliphatic hydroxyl groups is 1. The lowest BCUT2D eigenvalue weighted by Crippen LogP contribution is -2.43. The number of ether oxygens (including phenoxy) is 1. The molecule has 1 aromatic rings. The molecule has 0 saturated heterocycles. The summed E-state index contributed by atoms with van der Waals surface area (Å²) >= 11 is 0. The molecule has 0 aromatic heterocycles. The molecule has 118 valence electrons. The highest BCUT2D eigenvalue weighted by atomic mass is 19.1. The van der Waals surface area contributed by atoms with E-state index in [9.17, 15) is 19.6 Å². The molecule has 1 saturated carbocycles. The maximum atomic E-state index is 12.7. The fraction of sp³-hybridized carbons (Fsp3) is 0.500. The molecule has 1 atom stereocenters. The number of carbonyl (C=O) groups is 1. The normalized spacial score (nSPS) is 17.5. The van der Waals surface area contributed by atoms with E-state index >= 15 is 0 Å². The number of nitrogens with zero attached hydrogens (tertiary/aromatic N) is 1. The summed E-state index contributed by atoms with van der Waals surface area (Å²) < 4.78 is 18.0. The van der Waals surface area contributed by atoms with Crippen molar-refractivity contribution < 1.29 is 19.0 Å². The van der Waals surface area contributed by atoms with Gasteiger partial charge in [0.05, 0.1) is 6.07 Å². The van der Waals surface area contributed by atoms with Crippen molar-refractivity contribution in [3.05, 3.63) is 30.1 Å². The zero-order valence-corrected chi connectivity index (χ0v) is 12.2. The third-order valence-corrected chi connectivity index (χ3v) is 3.86. The molecular weight excluding hydrogens is 287 g/mol. The third kappa shape index (κ3) is 3.95. The molecule has 1 fully saturated rings. The minimum Gasteiger partial charge on any atom is -0.491 e. The number of aliphatic hydroxyl groups excluding tert-OH is 1. The van der Waals surface area contributed by atoms with E-state index in [1.807, 2.05) is 0 Å². The molecule has 1 amide bonds. The number of amides is 1. The van der Waals surface area contributed by atoms with Gasteiger partial charge in [-0.3, -0.25) is 4.79 Å². The second kappa shape index (κ2) is 7.23. The SMILES string of the molecule is N#CC1(C(=O)NC[C@@H](O)COc2ccc(F)cc2)CCCC1. The Balaban J connectivity index is 1.75. The topological polar surface area (TPSA) is 82.4 Å².